The van der Waals surface area contributed by atoms with Gasteiger partial charge in [0.25, 0.3) is 5.91 Å². The summed E-state index contributed by atoms with van der Waals surface area (Å²) in [6, 6.07) is 1.51. The quantitative estimate of drug-likeness (QED) is 0.780. The van der Waals surface area contributed by atoms with E-state index in [1.54, 1.807) is 30.3 Å². The molecule has 1 atom stereocenters. The molecule has 0 spiro atoms. The summed E-state index contributed by atoms with van der Waals surface area (Å²) in [4.78, 5) is 29.9. The van der Waals surface area contributed by atoms with E-state index in [2.05, 4.69) is 4.98 Å². The van der Waals surface area contributed by atoms with Gasteiger partial charge in [-0.05, 0) is 25.5 Å². The van der Waals surface area contributed by atoms with Gasteiger partial charge in [0.1, 0.15) is 0 Å². The Labute approximate surface area is 124 Å². The Kier molecular flexibility index (Phi) is 5.27. The van der Waals surface area contributed by atoms with Crippen LogP contribution in [0.25, 0.3) is 0 Å². The minimum atomic E-state index is -0.312. The number of morpholine rings is 1. The van der Waals surface area contributed by atoms with E-state index in [-0.39, 0.29) is 24.3 Å². The van der Waals surface area contributed by atoms with Crippen LogP contribution in [0.2, 0.25) is 0 Å². The van der Waals surface area contributed by atoms with Crippen LogP contribution in [0.1, 0.15) is 29.3 Å². The molecular weight excluding hydrogens is 272 g/mol. The number of carbonyl (C=O) groups excluding carboxylic acids is 2. The molecule has 1 aliphatic rings. The molecule has 0 saturated carbocycles. The lowest BCUT2D eigenvalue weighted by atomic mass is 10.1. The number of carbonyl (C=O) groups is 2. The minimum absolute atomic E-state index is 0.121. The van der Waals surface area contributed by atoms with E-state index in [1.807, 2.05) is 6.92 Å². The average Bonchev–Trinajstić information content (AvgIpc) is 2.47. The summed E-state index contributed by atoms with van der Waals surface area (Å²) in [7, 11) is 0. The Bertz CT molecular complexity index is 518. The van der Waals surface area contributed by atoms with Crippen molar-refractivity contribution < 1.29 is 19.1 Å². The standard InChI is InChI=1S/C15H20N2O4/c1-3-21-14(18)7-13-10-20-5-4-17(13)15(19)12-6-11(2)8-16-9-12/h6,8-9,13H,3-5,7,10H2,1-2H3/t13-/m0/s1. The Morgan fingerprint density at radius 1 is 1.48 bits per heavy atom. The second kappa shape index (κ2) is 7.17. The topological polar surface area (TPSA) is 68.7 Å². The number of pyridine rings is 1. The van der Waals surface area contributed by atoms with Crippen LogP contribution in [0.15, 0.2) is 18.5 Å². The number of rotatable bonds is 4. The predicted molar refractivity (Wildman–Crippen MR) is 75.9 cm³/mol. The zero-order valence-corrected chi connectivity index (χ0v) is 12.4. The van der Waals surface area contributed by atoms with Gasteiger partial charge in [0.15, 0.2) is 0 Å². The second-order valence-corrected chi connectivity index (χ2v) is 4.99. The maximum absolute atomic E-state index is 12.6. The van der Waals surface area contributed by atoms with E-state index >= 15 is 0 Å². The third kappa shape index (κ3) is 4.01. The van der Waals surface area contributed by atoms with Crippen LogP contribution in [-0.4, -0.2) is 54.2 Å². The van der Waals surface area contributed by atoms with E-state index in [9.17, 15) is 9.59 Å². The van der Waals surface area contributed by atoms with Crippen molar-refractivity contribution in [2.24, 2.45) is 0 Å². The third-order valence-corrected chi connectivity index (χ3v) is 3.32. The lowest BCUT2D eigenvalue weighted by Crippen LogP contribution is -2.49. The Balaban J connectivity index is 2.10. The van der Waals surface area contributed by atoms with Crippen molar-refractivity contribution in [1.82, 2.24) is 9.88 Å². The summed E-state index contributed by atoms with van der Waals surface area (Å²) in [5.41, 5.74) is 1.46. The fraction of sp³-hybridized carbons (Fsp3) is 0.533. The molecule has 1 aliphatic heterocycles. The molecule has 1 saturated heterocycles. The molecule has 0 aromatic carbocycles. The fourth-order valence-corrected chi connectivity index (χ4v) is 2.34. The Morgan fingerprint density at radius 3 is 3.00 bits per heavy atom. The lowest BCUT2D eigenvalue weighted by molar-refractivity contribution is -0.145. The SMILES string of the molecule is CCOC(=O)C[C@H]1COCCN1C(=O)c1cncc(C)c1. The van der Waals surface area contributed by atoms with Crippen LogP contribution in [-0.2, 0) is 14.3 Å². The number of aryl methyl sites for hydroxylation is 1. The van der Waals surface area contributed by atoms with Crippen molar-refractivity contribution in [2.75, 3.05) is 26.4 Å². The highest BCUT2D eigenvalue weighted by atomic mass is 16.5. The van der Waals surface area contributed by atoms with Gasteiger partial charge in [0.05, 0.1) is 37.8 Å². The van der Waals surface area contributed by atoms with Gasteiger partial charge in [-0.3, -0.25) is 14.6 Å². The molecule has 6 heteroatoms. The van der Waals surface area contributed by atoms with Crippen LogP contribution in [0.4, 0.5) is 0 Å². The molecule has 0 unspecified atom stereocenters. The molecule has 0 radical (unpaired) electrons. The number of esters is 1. The van der Waals surface area contributed by atoms with Gasteiger partial charge in [-0.1, -0.05) is 0 Å². The molecule has 1 aromatic rings. The van der Waals surface area contributed by atoms with Crippen LogP contribution < -0.4 is 0 Å². The van der Waals surface area contributed by atoms with Gasteiger partial charge in [0.2, 0.25) is 0 Å². The predicted octanol–water partition coefficient (Wildman–Crippen LogP) is 1.18. The van der Waals surface area contributed by atoms with Gasteiger partial charge >= 0.3 is 5.97 Å². The highest BCUT2D eigenvalue weighted by Crippen LogP contribution is 2.16. The van der Waals surface area contributed by atoms with Crippen molar-refractivity contribution in [1.29, 1.82) is 0 Å². The van der Waals surface area contributed by atoms with Crippen molar-refractivity contribution in [2.45, 2.75) is 26.3 Å². The van der Waals surface area contributed by atoms with E-state index < -0.39 is 0 Å². The van der Waals surface area contributed by atoms with Crippen molar-refractivity contribution in [3.05, 3.63) is 29.6 Å². The first kappa shape index (κ1) is 15.4. The van der Waals surface area contributed by atoms with Crippen LogP contribution >= 0.6 is 0 Å². The Morgan fingerprint density at radius 2 is 2.29 bits per heavy atom. The van der Waals surface area contributed by atoms with E-state index in [0.29, 0.717) is 31.9 Å². The van der Waals surface area contributed by atoms with Crippen molar-refractivity contribution in [3.8, 4) is 0 Å². The average molecular weight is 292 g/mol. The number of ether oxygens (including phenoxy) is 2. The fourth-order valence-electron chi connectivity index (χ4n) is 2.34. The summed E-state index contributed by atoms with van der Waals surface area (Å²) in [5, 5.41) is 0. The van der Waals surface area contributed by atoms with E-state index in [1.165, 1.54) is 0 Å². The number of nitrogens with zero attached hydrogens (tertiary/aromatic N) is 2. The van der Waals surface area contributed by atoms with Gasteiger partial charge < -0.3 is 14.4 Å². The molecule has 0 N–H and O–H groups in total. The van der Waals surface area contributed by atoms with Crippen molar-refractivity contribution in [3.63, 3.8) is 0 Å². The zero-order chi connectivity index (χ0) is 15.2. The molecule has 21 heavy (non-hydrogen) atoms. The molecule has 2 heterocycles. The maximum atomic E-state index is 12.6. The lowest BCUT2D eigenvalue weighted by Gasteiger charge is -2.35. The zero-order valence-electron chi connectivity index (χ0n) is 12.4. The summed E-state index contributed by atoms with van der Waals surface area (Å²) in [5.74, 6) is -0.433. The first-order valence-corrected chi connectivity index (χ1v) is 7.07. The van der Waals surface area contributed by atoms with Crippen LogP contribution in [0.3, 0.4) is 0 Å². The number of hydrogen-bond donors (Lipinski definition) is 0. The molecule has 2 rings (SSSR count). The van der Waals surface area contributed by atoms with Gasteiger partial charge in [-0.15, -0.1) is 0 Å². The van der Waals surface area contributed by atoms with Gasteiger partial charge in [-0.25, -0.2) is 0 Å². The third-order valence-electron chi connectivity index (χ3n) is 3.32. The molecule has 0 aliphatic carbocycles. The highest BCUT2D eigenvalue weighted by Gasteiger charge is 2.30. The first-order valence-electron chi connectivity index (χ1n) is 7.07. The van der Waals surface area contributed by atoms with E-state index in [4.69, 9.17) is 9.47 Å². The minimum Gasteiger partial charge on any atom is -0.466 e. The summed E-state index contributed by atoms with van der Waals surface area (Å²) < 4.78 is 10.3. The molecule has 6 nitrogen and oxygen atoms in total. The molecule has 114 valence electrons. The van der Waals surface area contributed by atoms with Crippen molar-refractivity contribution >= 4 is 11.9 Å². The summed E-state index contributed by atoms with van der Waals surface area (Å²) in [6.07, 6.45) is 3.40. The molecular formula is C15H20N2O4. The molecule has 1 aromatic heterocycles. The van der Waals surface area contributed by atoms with E-state index in [0.717, 1.165) is 5.56 Å². The number of aromatic nitrogens is 1. The summed E-state index contributed by atoms with van der Waals surface area (Å²) in [6.45, 7) is 5.28. The summed E-state index contributed by atoms with van der Waals surface area (Å²) >= 11 is 0. The number of amides is 1. The normalized spacial score (nSPS) is 18.4. The van der Waals surface area contributed by atoms with Crippen LogP contribution in [0, 0.1) is 6.92 Å². The Hall–Kier alpha value is -1.95. The number of hydrogen-bond acceptors (Lipinski definition) is 5. The van der Waals surface area contributed by atoms with Gasteiger partial charge in [-0.2, -0.15) is 0 Å². The monoisotopic (exact) mass is 292 g/mol. The maximum Gasteiger partial charge on any atom is 0.307 e. The van der Waals surface area contributed by atoms with Gasteiger partial charge in [0, 0.05) is 18.9 Å². The molecule has 0 bridgehead atoms. The molecule has 1 fully saturated rings. The second-order valence-electron chi connectivity index (χ2n) is 4.99. The highest BCUT2D eigenvalue weighted by molar-refractivity contribution is 5.94. The first-order chi connectivity index (χ1) is 10.1. The largest absolute Gasteiger partial charge is 0.466 e. The molecule has 1 amide bonds. The smallest absolute Gasteiger partial charge is 0.307 e. The van der Waals surface area contributed by atoms with Crippen LogP contribution in [0.5, 0.6) is 0 Å².